The summed E-state index contributed by atoms with van der Waals surface area (Å²) in [6.07, 6.45) is 1.14. The van der Waals surface area contributed by atoms with Crippen LogP contribution in [-0.2, 0) is 0 Å². The molecular formula is C15H14N2O4. The lowest BCUT2D eigenvalue weighted by Gasteiger charge is -2.26. The van der Waals surface area contributed by atoms with E-state index in [0.717, 1.165) is 0 Å². The van der Waals surface area contributed by atoms with E-state index >= 15 is 0 Å². The first kappa shape index (κ1) is 13.2. The van der Waals surface area contributed by atoms with E-state index in [9.17, 15) is 9.59 Å². The van der Waals surface area contributed by atoms with Crippen molar-refractivity contribution in [3.63, 3.8) is 0 Å². The Labute approximate surface area is 120 Å². The lowest BCUT2D eigenvalue weighted by atomic mass is 10.2. The topological polar surface area (TPSA) is 80.4 Å². The molecule has 0 radical (unpaired) electrons. The van der Waals surface area contributed by atoms with Gasteiger partial charge in [0.05, 0.1) is 12.1 Å². The molecule has 1 aromatic heterocycles. The van der Waals surface area contributed by atoms with Gasteiger partial charge in [0.2, 0.25) is 5.56 Å². The monoisotopic (exact) mass is 286 g/mol. The quantitative estimate of drug-likeness (QED) is 0.880. The van der Waals surface area contributed by atoms with Gasteiger partial charge in [-0.15, -0.1) is 0 Å². The van der Waals surface area contributed by atoms with Gasteiger partial charge in [-0.2, -0.15) is 0 Å². The number of aromatic amines is 1. The van der Waals surface area contributed by atoms with Crippen molar-refractivity contribution in [2.75, 3.05) is 13.2 Å². The summed E-state index contributed by atoms with van der Waals surface area (Å²) >= 11 is 0. The largest absolute Gasteiger partial charge is 0.486 e. The molecular weight excluding hydrogens is 272 g/mol. The minimum absolute atomic E-state index is 0.243. The van der Waals surface area contributed by atoms with Crippen LogP contribution in [0.4, 0.5) is 0 Å². The Hall–Kier alpha value is -2.76. The second-order valence-corrected chi connectivity index (χ2v) is 4.65. The first-order valence-corrected chi connectivity index (χ1v) is 6.58. The van der Waals surface area contributed by atoms with Gasteiger partial charge in [0.25, 0.3) is 5.91 Å². The molecule has 2 N–H and O–H groups in total. The molecule has 6 nitrogen and oxygen atoms in total. The van der Waals surface area contributed by atoms with Crippen molar-refractivity contribution >= 4 is 5.91 Å². The third-order valence-corrected chi connectivity index (χ3v) is 3.10. The zero-order valence-corrected chi connectivity index (χ0v) is 11.2. The molecule has 0 aliphatic carbocycles. The van der Waals surface area contributed by atoms with E-state index in [4.69, 9.17) is 9.47 Å². The van der Waals surface area contributed by atoms with Crippen LogP contribution in [0, 0.1) is 0 Å². The Bertz CT molecular complexity index is 690. The summed E-state index contributed by atoms with van der Waals surface area (Å²) < 4.78 is 11.3. The van der Waals surface area contributed by atoms with Gasteiger partial charge in [-0.05, 0) is 18.2 Å². The van der Waals surface area contributed by atoms with Crippen molar-refractivity contribution in [2.45, 2.75) is 6.10 Å². The molecule has 0 spiro atoms. The average molecular weight is 286 g/mol. The lowest BCUT2D eigenvalue weighted by Crippen LogP contribution is -2.40. The van der Waals surface area contributed by atoms with Gasteiger partial charge in [0.1, 0.15) is 12.7 Å². The van der Waals surface area contributed by atoms with Crippen LogP contribution in [0.15, 0.2) is 47.4 Å². The molecule has 0 saturated heterocycles. The summed E-state index contributed by atoms with van der Waals surface area (Å²) in [6, 6.07) is 10.2. The second kappa shape index (κ2) is 5.70. The molecule has 0 unspecified atom stereocenters. The van der Waals surface area contributed by atoms with Crippen LogP contribution in [-0.4, -0.2) is 30.1 Å². The molecule has 1 aliphatic rings. The molecule has 0 saturated carbocycles. The predicted molar refractivity (Wildman–Crippen MR) is 75.7 cm³/mol. The van der Waals surface area contributed by atoms with Crippen LogP contribution in [0.2, 0.25) is 0 Å². The van der Waals surface area contributed by atoms with Crippen LogP contribution in [0.3, 0.4) is 0 Å². The maximum Gasteiger partial charge on any atom is 0.252 e. The fourth-order valence-corrected chi connectivity index (χ4v) is 2.02. The molecule has 2 aromatic rings. The highest BCUT2D eigenvalue weighted by Gasteiger charge is 2.21. The number of hydrogen-bond donors (Lipinski definition) is 2. The number of pyridine rings is 1. The molecule has 108 valence electrons. The third-order valence-electron chi connectivity index (χ3n) is 3.10. The summed E-state index contributed by atoms with van der Waals surface area (Å²) in [6.45, 7) is 0.704. The van der Waals surface area contributed by atoms with Crippen LogP contribution in [0.5, 0.6) is 11.5 Å². The number of carbonyl (C=O) groups is 1. The molecule has 0 bridgehead atoms. The van der Waals surface area contributed by atoms with Gasteiger partial charge in [-0.1, -0.05) is 12.1 Å². The highest BCUT2D eigenvalue weighted by molar-refractivity contribution is 5.93. The molecule has 2 heterocycles. The SMILES string of the molecule is O=C(NC[C@H]1COc2ccccc2O1)c1ccc(=O)[nH]c1. The van der Waals surface area contributed by atoms with Gasteiger partial charge in [-0.25, -0.2) is 0 Å². The Balaban J connectivity index is 1.58. The Morgan fingerprint density at radius 1 is 1.24 bits per heavy atom. The Morgan fingerprint density at radius 2 is 2.05 bits per heavy atom. The molecule has 1 atom stereocenters. The third kappa shape index (κ3) is 3.05. The number of amides is 1. The number of aromatic nitrogens is 1. The molecule has 6 heteroatoms. The maximum atomic E-state index is 11.9. The highest BCUT2D eigenvalue weighted by atomic mass is 16.6. The molecule has 0 fully saturated rings. The van der Waals surface area contributed by atoms with Crippen molar-refractivity contribution in [2.24, 2.45) is 0 Å². The number of H-pyrrole nitrogens is 1. The van der Waals surface area contributed by atoms with Crippen LogP contribution in [0.1, 0.15) is 10.4 Å². The van der Waals surface area contributed by atoms with E-state index in [1.54, 1.807) is 0 Å². The fourth-order valence-electron chi connectivity index (χ4n) is 2.02. The van der Waals surface area contributed by atoms with Crippen molar-refractivity contribution in [3.05, 3.63) is 58.5 Å². The number of nitrogens with one attached hydrogen (secondary N) is 2. The van der Waals surface area contributed by atoms with Crippen molar-refractivity contribution in [3.8, 4) is 11.5 Å². The standard InChI is InChI=1S/C15H14N2O4/c18-14-6-5-10(7-16-14)15(19)17-8-11-9-20-12-3-1-2-4-13(12)21-11/h1-7,11H,8-9H2,(H,16,18)(H,17,19)/t11-/m0/s1. The highest BCUT2D eigenvalue weighted by Crippen LogP contribution is 2.30. The summed E-state index contributed by atoms with van der Waals surface area (Å²) in [5, 5.41) is 2.75. The number of hydrogen-bond acceptors (Lipinski definition) is 4. The number of para-hydroxylation sites is 2. The van der Waals surface area contributed by atoms with Gasteiger partial charge in [0, 0.05) is 12.3 Å². The van der Waals surface area contributed by atoms with E-state index in [0.29, 0.717) is 30.2 Å². The number of fused-ring (bicyclic) bond motifs is 1. The average Bonchev–Trinajstić information content (AvgIpc) is 2.53. The van der Waals surface area contributed by atoms with E-state index in [1.165, 1.54) is 18.3 Å². The molecule has 1 aliphatic heterocycles. The minimum Gasteiger partial charge on any atom is -0.486 e. The van der Waals surface area contributed by atoms with Crippen molar-refractivity contribution < 1.29 is 14.3 Å². The zero-order valence-electron chi connectivity index (χ0n) is 11.2. The first-order valence-electron chi connectivity index (χ1n) is 6.58. The molecule has 3 rings (SSSR count). The number of ether oxygens (including phenoxy) is 2. The van der Waals surface area contributed by atoms with E-state index in [2.05, 4.69) is 10.3 Å². The predicted octanol–water partition coefficient (Wildman–Crippen LogP) is 0.945. The number of rotatable bonds is 3. The van der Waals surface area contributed by atoms with Crippen LogP contribution >= 0.6 is 0 Å². The molecule has 1 amide bonds. The van der Waals surface area contributed by atoms with Gasteiger partial charge in [-0.3, -0.25) is 9.59 Å². The number of carbonyl (C=O) groups excluding carboxylic acids is 1. The molecule has 1 aromatic carbocycles. The van der Waals surface area contributed by atoms with Gasteiger partial charge < -0.3 is 19.8 Å². The minimum atomic E-state index is -0.270. The van der Waals surface area contributed by atoms with E-state index in [-0.39, 0.29) is 17.6 Å². The van der Waals surface area contributed by atoms with Crippen LogP contribution < -0.4 is 20.3 Å². The van der Waals surface area contributed by atoms with Gasteiger partial charge >= 0.3 is 0 Å². The summed E-state index contributed by atoms with van der Waals surface area (Å²) in [5.41, 5.74) is 0.152. The van der Waals surface area contributed by atoms with E-state index < -0.39 is 0 Å². The van der Waals surface area contributed by atoms with E-state index in [1.807, 2.05) is 24.3 Å². The van der Waals surface area contributed by atoms with Crippen molar-refractivity contribution in [1.82, 2.24) is 10.3 Å². The van der Waals surface area contributed by atoms with Crippen molar-refractivity contribution in [1.29, 1.82) is 0 Å². The summed E-state index contributed by atoms with van der Waals surface area (Å²) in [5.74, 6) is 1.11. The normalized spacial score (nSPS) is 16.3. The summed E-state index contributed by atoms with van der Waals surface area (Å²) in [4.78, 5) is 25.3. The maximum absolute atomic E-state index is 11.9. The Kier molecular flexibility index (Phi) is 3.59. The first-order chi connectivity index (χ1) is 10.2. The fraction of sp³-hybridized carbons (Fsp3) is 0.200. The molecule has 21 heavy (non-hydrogen) atoms. The second-order valence-electron chi connectivity index (χ2n) is 4.65. The lowest BCUT2D eigenvalue weighted by molar-refractivity contribution is 0.0789. The van der Waals surface area contributed by atoms with Crippen LogP contribution in [0.25, 0.3) is 0 Å². The number of benzene rings is 1. The smallest absolute Gasteiger partial charge is 0.252 e. The summed E-state index contributed by atoms with van der Waals surface area (Å²) in [7, 11) is 0. The van der Waals surface area contributed by atoms with Gasteiger partial charge in [0.15, 0.2) is 11.5 Å². The Morgan fingerprint density at radius 3 is 2.81 bits per heavy atom. The zero-order chi connectivity index (χ0) is 14.7.